The fourth-order valence-electron chi connectivity index (χ4n) is 1.25. The van der Waals surface area contributed by atoms with E-state index in [0.29, 0.717) is 0 Å². The van der Waals surface area contributed by atoms with Gasteiger partial charge in [-0.3, -0.25) is 4.98 Å². The van der Waals surface area contributed by atoms with E-state index in [4.69, 9.17) is 5.11 Å². The maximum atomic E-state index is 10.7. The molecule has 0 bridgehead atoms. The van der Waals surface area contributed by atoms with Gasteiger partial charge < -0.3 is 10.2 Å². The van der Waals surface area contributed by atoms with Crippen molar-refractivity contribution in [3.63, 3.8) is 0 Å². The van der Waals surface area contributed by atoms with Gasteiger partial charge in [-0.05, 0) is 17.7 Å². The first-order chi connectivity index (χ1) is 6.46. The van der Waals surface area contributed by atoms with Gasteiger partial charge in [0.25, 0.3) is 0 Å². The highest BCUT2D eigenvalue weighted by Gasteiger charge is 2.34. The van der Waals surface area contributed by atoms with Gasteiger partial charge >= 0.3 is 5.97 Å². The average Bonchev–Trinajstić information content (AvgIpc) is 2.18. The lowest BCUT2D eigenvalue weighted by molar-refractivity contribution is -0.150. The van der Waals surface area contributed by atoms with E-state index >= 15 is 0 Å². The van der Waals surface area contributed by atoms with Crippen LogP contribution in [0.25, 0.3) is 0 Å². The Kier molecular flexibility index (Phi) is 2.86. The van der Waals surface area contributed by atoms with Gasteiger partial charge in [-0.15, -0.1) is 0 Å². The molecule has 0 spiro atoms. The van der Waals surface area contributed by atoms with Crippen molar-refractivity contribution in [3.8, 4) is 0 Å². The number of carboxylic acid groups (broad SMARTS) is 1. The fraction of sp³-hybridized carbons (Fsp3) is 0.400. The maximum absolute atomic E-state index is 10.7. The molecule has 1 rings (SSSR count). The molecule has 2 N–H and O–H groups in total. The predicted octanol–water partition coefficient (Wildman–Crippen LogP) is 0.805. The number of hydrogen-bond donors (Lipinski definition) is 2. The van der Waals surface area contributed by atoms with Crippen molar-refractivity contribution in [2.24, 2.45) is 0 Å². The van der Waals surface area contributed by atoms with Crippen LogP contribution >= 0.6 is 0 Å². The lowest BCUT2D eigenvalue weighted by atomic mass is 9.80. The number of aromatic nitrogens is 1. The third-order valence-corrected chi connectivity index (χ3v) is 2.34. The topological polar surface area (TPSA) is 70.4 Å². The normalized spacial score (nSPS) is 13.6. The van der Waals surface area contributed by atoms with Crippen molar-refractivity contribution in [3.05, 3.63) is 30.1 Å². The molecule has 4 nitrogen and oxygen atoms in total. The number of aliphatic carboxylic acids is 1. The maximum Gasteiger partial charge on any atom is 0.333 e. The third kappa shape index (κ3) is 1.90. The molecule has 0 saturated heterocycles. The number of pyridine rings is 1. The molecule has 1 aromatic rings. The Bertz CT molecular complexity index is 321. The second-order valence-corrected chi connectivity index (χ2v) is 3.70. The molecule has 0 aromatic carbocycles. The van der Waals surface area contributed by atoms with Gasteiger partial charge in [-0.1, -0.05) is 13.8 Å². The van der Waals surface area contributed by atoms with Crippen LogP contribution in [0.2, 0.25) is 0 Å². The quantitative estimate of drug-likeness (QED) is 0.748. The summed E-state index contributed by atoms with van der Waals surface area (Å²) in [6.07, 6.45) is 1.74. The standard InChI is InChI=1S/C10H13NO3/c1-10(2,8(12)9(13)14)7-3-5-11-6-4-7/h3-6,8,12H,1-2H3,(H,13,14). The van der Waals surface area contributed by atoms with Crippen LogP contribution in [0.4, 0.5) is 0 Å². The summed E-state index contributed by atoms with van der Waals surface area (Å²) in [5.74, 6) is -1.22. The Labute approximate surface area is 82.2 Å². The van der Waals surface area contributed by atoms with Crippen LogP contribution in [0.3, 0.4) is 0 Å². The average molecular weight is 195 g/mol. The first-order valence-electron chi connectivity index (χ1n) is 4.27. The predicted molar refractivity (Wildman–Crippen MR) is 50.9 cm³/mol. The lowest BCUT2D eigenvalue weighted by Crippen LogP contribution is -2.39. The number of nitrogens with zero attached hydrogens (tertiary/aromatic N) is 1. The van der Waals surface area contributed by atoms with Crippen molar-refractivity contribution in [1.82, 2.24) is 4.98 Å². The van der Waals surface area contributed by atoms with Crippen LogP contribution < -0.4 is 0 Å². The SMILES string of the molecule is CC(C)(c1ccncc1)C(O)C(=O)O. The molecule has 4 heteroatoms. The van der Waals surface area contributed by atoms with Gasteiger partial charge in [0.2, 0.25) is 0 Å². The van der Waals surface area contributed by atoms with Crippen LogP contribution in [0.5, 0.6) is 0 Å². The highest BCUT2D eigenvalue weighted by atomic mass is 16.4. The van der Waals surface area contributed by atoms with Crippen molar-refractivity contribution < 1.29 is 15.0 Å². The molecule has 1 heterocycles. The second-order valence-electron chi connectivity index (χ2n) is 3.70. The Morgan fingerprint density at radius 2 is 1.93 bits per heavy atom. The minimum Gasteiger partial charge on any atom is -0.479 e. The van der Waals surface area contributed by atoms with Gasteiger partial charge in [0.1, 0.15) is 0 Å². The minimum absolute atomic E-state index is 0.752. The van der Waals surface area contributed by atoms with Gasteiger partial charge in [0.05, 0.1) is 0 Å². The van der Waals surface area contributed by atoms with E-state index in [-0.39, 0.29) is 0 Å². The monoisotopic (exact) mass is 195 g/mol. The molecule has 1 unspecified atom stereocenters. The molecule has 0 aliphatic carbocycles. The molecule has 0 radical (unpaired) electrons. The van der Waals surface area contributed by atoms with Gasteiger partial charge in [-0.25, -0.2) is 4.79 Å². The number of aliphatic hydroxyl groups is 1. The number of carboxylic acids is 1. The molecule has 76 valence electrons. The smallest absolute Gasteiger partial charge is 0.333 e. The van der Waals surface area contributed by atoms with E-state index in [0.717, 1.165) is 5.56 Å². The fourth-order valence-corrected chi connectivity index (χ4v) is 1.25. The highest BCUT2D eigenvalue weighted by Crippen LogP contribution is 2.26. The lowest BCUT2D eigenvalue weighted by Gasteiger charge is -2.27. The summed E-state index contributed by atoms with van der Waals surface area (Å²) in [6.45, 7) is 3.36. The molecule has 14 heavy (non-hydrogen) atoms. The molecule has 0 saturated carbocycles. The zero-order valence-electron chi connectivity index (χ0n) is 8.14. The van der Waals surface area contributed by atoms with E-state index in [1.54, 1.807) is 38.4 Å². The Hall–Kier alpha value is -1.42. The van der Waals surface area contributed by atoms with Gasteiger partial charge in [0.15, 0.2) is 6.10 Å². The summed E-state index contributed by atoms with van der Waals surface area (Å²) >= 11 is 0. The van der Waals surface area contributed by atoms with Crippen molar-refractivity contribution in [2.75, 3.05) is 0 Å². The molecule has 0 amide bonds. The van der Waals surface area contributed by atoms with E-state index in [1.165, 1.54) is 0 Å². The number of aliphatic hydroxyl groups excluding tert-OH is 1. The van der Waals surface area contributed by atoms with Crippen LogP contribution in [-0.2, 0) is 10.2 Å². The van der Waals surface area contributed by atoms with Crippen LogP contribution in [-0.4, -0.2) is 27.3 Å². The first-order valence-corrected chi connectivity index (χ1v) is 4.27. The van der Waals surface area contributed by atoms with Crippen LogP contribution in [0.1, 0.15) is 19.4 Å². The van der Waals surface area contributed by atoms with Crippen molar-refractivity contribution >= 4 is 5.97 Å². The first kappa shape index (κ1) is 10.7. The van der Waals surface area contributed by atoms with E-state index in [9.17, 15) is 9.90 Å². The number of hydrogen-bond acceptors (Lipinski definition) is 3. The summed E-state index contributed by atoms with van der Waals surface area (Å²) in [5, 5.41) is 18.2. The Morgan fingerprint density at radius 3 is 2.36 bits per heavy atom. The van der Waals surface area contributed by atoms with Gasteiger partial charge in [0, 0.05) is 17.8 Å². The molecular formula is C10H13NO3. The molecule has 0 aliphatic heterocycles. The van der Waals surface area contributed by atoms with Crippen LogP contribution in [0, 0.1) is 0 Å². The summed E-state index contributed by atoms with van der Waals surface area (Å²) in [6, 6.07) is 3.40. The second kappa shape index (κ2) is 3.75. The molecular weight excluding hydrogens is 182 g/mol. The summed E-state index contributed by atoms with van der Waals surface area (Å²) in [5.41, 5.74) is -0.0585. The number of rotatable bonds is 3. The third-order valence-electron chi connectivity index (χ3n) is 2.34. The van der Waals surface area contributed by atoms with Gasteiger partial charge in [-0.2, -0.15) is 0 Å². The summed E-state index contributed by atoms with van der Waals surface area (Å²) in [7, 11) is 0. The van der Waals surface area contributed by atoms with E-state index in [1.807, 2.05) is 0 Å². The van der Waals surface area contributed by atoms with E-state index in [2.05, 4.69) is 4.98 Å². The van der Waals surface area contributed by atoms with E-state index < -0.39 is 17.5 Å². The Balaban J connectivity index is 3.02. The zero-order valence-corrected chi connectivity index (χ0v) is 8.14. The largest absolute Gasteiger partial charge is 0.479 e. The van der Waals surface area contributed by atoms with Crippen molar-refractivity contribution in [1.29, 1.82) is 0 Å². The number of carbonyl (C=O) groups is 1. The van der Waals surface area contributed by atoms with Crippen LogP contribution in [0.15, 0.2) is 24.5 Å². The zero-order chi connectivity index (χ0) is 10.8. The summed E-state index contributed by atoms with van der Waals surface area (Å²) < 4.78 is 0. The van der Waals surface area contributed by atoms with Crippen molar-refractivity contribution in [2.45, 2.75) is 25.4 Å². The highest BCUT2D eigenvalue weighted by molar-refractivity contribution is 5.74. The molecule has 0 aliphatic rings. The molecule has 0 fully saturated rings. The minimum atomic E-state index is -1.41. The Morgan fingerprint density at radius 1 is 1.43 bits per heavy atom. The molecule has 1 aromatic heterocycles. The molecule has 1 atom stereocenters. The summed E-state index contributed by atoms with van der Waals surface area (Å²) in [4.78, 5) is 14.5.